The number of piperidine rings is 1. The van der Waals surface area contributed by atoms with Gasteiger partial charge in [0.2, 0.25) is 0 Å². The van der Waals surface area contributed by atoms with Crippen LogP contribution in [0.15, 0.2) is 30.3 Å². The van der Waals surface area contributed by atoms with Crippen molar-refractivity contribution in [3.8, 4) is 5.69 Å². The van der Waals surface area contributed by atoms with Crippen LogP contribution in [-0.2, 0) is 0 Å². The van der Waals surface area contributed by atoms with E-state index in [9.17, 15) is 4.79 Å². The molecule has 7 heteroatoms. The van der Waals surface area contributed by atoms with Gasteiger partial charge in [-0.25, -0.2) is 4.79 Å². The molecule has 1 saturated heterocycles. The number of carbonyl (C=O) groups excluding carboxylic acids is 1. The molecule has 1 aliphatic heterocycles. The van der Waals surface area contributed by atoms with Crippen molar-refractivity contribution in [3.63, 3.8) is 0 Å². The Labute approximate surface area is 153 Å². The summed E-state index contributed by atoms with van der Waals surface area (Å²) >= 11 is 0. The van der Waals surface area contributed by atoms with E-state index >= 15 is 0 Å². The third-order valence-corrected chi connectivity index (χ3v) is 5.50. The topological polar surface area (TPSA) is 75.9 Å². The molecule has 0 bridgehead atoms. The van der Waals surface area contributed by atoms with E-state index in [0.717, 1.165) is 43.7 Å². The Bertz CT molecular complexity index is 725. The number of hydrogen-bond acceptors (Lipinski definition) is 4. The number of amides is 2. The highest BCUT2D eigenvalue weighted by atomic mass is 16.2. The molecule has 1 aliphatic carbocycles. The van der Waals surface area contributed by atoms with Gasteiger partial charge in [-0.15, -0.1) is 5.10 Å². The fourth-order valence-corrected chi connectivity index (χ4v) is 4.09. The van der Waals surface area contributed by atoms with E-state index < -0.39 is 0 Å². The normalized spacial score (nSPS) is 21.5. The van der Waals surface area contributed by atoms with E-state index in [0.29, 0.717) is 12.6 Å². The fraction of sp³-hybridized carbons (Fsp3) is 0.579. The minimum Gasteiger partial charge on any atom is -0.335 e. The molecule has 2 aliphatic rings. The summed E-state index contributed by atoms with van der Waals surface area (Å²) in [5.41, 5.74) is 0.955. The molecular formula is C19H26N6O. The zero-order valence-electron chi connectivity index (χ0n) is 15.0. The maximum Gasteiger partial charge on any atom is 0.317 e. The quantitative estimate of drug-likeness (QED) is 0.919. The van der Waals surface area contributed by atoms with Gasteiger partial charge in [-0.2, -0.15) is 4.68 Å². The lowest BCUT2D eigenvalue weighted by molar-refractivity contribution is 0.171. The Balaban J connectivity index is 1.44. The van der Waals surface area contributed by atoms with Crippen LogP contribution in [0.5, 0.6) is 0 Å². The number of carbonyl (C=O) groups is 1. The van der Waals surface area contributed by atoms with Crippen molar-refractivity contribution in [2.45, 2.75) is 56.9 Å². The van der Waals surface area contributed by atoms with Crippen LogP contribution in [0.1, 0.15) is 56.7 Å². The van der Waals surface area contributed by atoms with Crippen LogP contribution in [0.3, 0.4) is 0 Å². The summed E-state index contributed by atoms with van der Waals surface area (Å²) in [5.74, 6) is 1.00. The number of urea groups is 1. The number of para-hydroxylation sites is 1. The number of benzene rings is 1. The molecule has 4 rings (SSSR count). The SMILES string of the molecule is O=C(NC1CCCCC1)N1CCC[C@H](c2nnnn2-c2ccccc2)C1. The van der Waals surface area contributed by atoms with Crippen LogP contribution in [-0.4, -0.2) is 50.3 Å². The monoisotopic (exact) mass is 354 g/mol. The molecule has 7 nitrogen and oxygen atoms in total. The zero-order valence-corrected chi connectivity index (χ0v) is 15.0. The molecule has 2 amide bonds. The number of nitrogens with zero attached hydrogens (tertiary/aromatic N) is 5. The Kier molecular flexibility index (Phi) is 5.13. The van der Waals surface area contributed by atoms with Crippen LogP contribution in [0.4, 0.5) is 4.79 Å². The van der Waals surface area contributed by atoms with E-state index in [4.69, 9.17) is 0 Å². The zero-order chi connectivity index (χ0) is 17.8. The molecule has 0 unspecified atom stereocenters. The largest absolute Gasteiger partial charge is 0.335 e. The highest BCUT2D eigenvalue weighted by Crippen LogP contribution is 2.27. The van der Waals surface area contributed by atoms with Gasteiger partial charge in [-0.05, 0) is 48.2 Å². The average molecular weight is 354 g/mol. The van der Waals surface area contributed by atoms with Crippen molar-refractivity contribution in [1.82, 2.24) is 30.4 Å². The Morgan fingerprint density at radius 1 is 1.04 bits per heavy atom. The van der Waals surface area contributed by atoms with Crippen molar-refractivity contribution in [1.29, 1.82) is 0 Å². The lowest BCUT2D eigenvalue weighted by Crippen LogP contribution is -2.48. The molecule has 1 atom stereocenters. The van der Waals surface area contributed by atoms with Crippen LogP contribution < -0.4 is 5.32 Å². The third kappa shape index (κ3) is 3.71. The van der Waals surface area contributed by atoms with Crippen LogP contribution in [0.2, 0.25) is 0 Å². The van der Waals surface area contributed by atoms with E-state index in [-0.39, 0.29) is 11.9 Å². The van der Waals surface area contributed by atoms with Crippen molar-refractivity contribution >= 4 is 6.03 Å². The minimum absolute atomic E-state index is 0.0698. The summed E-state index contributed by atoms with van der Waals surface area (Å²) in [5, 5.41) is 15.5. The molecule has 2 fully saturated rings. The van der Waals surface area contributed by atoms with Crippen LogP contribution in [0, 0.1) is 0 Å². The molecule has 1 saturated carbocycles. The van der Waals surface area contributed by atoms with Gasteiger partial charge >= 0.3 is 6.03 Å². The van der Waals surface area contributed by atoms with Crippen molar-refractivity contribution < 1.29 is 4.79 Å². The van der Waals surface area contributed by atoms with Crippen molar-refractivity contribution in [3.05, 3.63) is 36.2 Å². The summed E-state index contributed by atoms with van der Waals surface area (Å²) in [7, 11) is 0. The molecule has 0 spiro atoms. The van der Waals surface area contributed by atoms with Crippen molar-refractivity contribution in [2.75, 3.05) is 13.1 Å². The lowest BCUT2D eigenvalue weighted by Gasteiger charge is -2.34. The lowest BCUT2D eigenvalue weighted by atomic mass is 9.95. The summed E-state index contributed by atoms with van der Waals surface area (Å²) in [6.45, 7) is 1.48. The van der Waals surface area contributed by atoms with Gasteiger partial charge in [0.1, 0.15) is 0 Å². The second-order valence-electron chi connectivity index (χ2n) is 7.35. The molecule has 26 heavy (non-hydrogen) atoms. The van der Waals surface area contributed by atoms with Gasteiger partial charge in [-0.3, -0.25) is 0 Å². The summed E-state index contributed by atoms with van der Waals surface area (Å²) in [6, 6.07) is 10.3. The number of aromatic nitrogens is 4. The molecule has 2 heterocycles. The number of tetrazole rings is 1. The molecule has 0 radical (unpaired) electrons. The van der Waals surface area contributed by atoms with E-state index in [2.05, 4.69) is 20.8 Å². The van der Waals surface area contributed by atoms with Gasteiger partial charge in [0.05, 0.1) is 5.69 Å². The first-order valence-corrected chi connectivity index (χ1v) is 9.70. The van der Waals surface area contributed by atoms with Gasteiger partial charge in [-0.1, -0.05) is 37.5 Å². The fourth-order valence-electron chi connectivity index (χ4n) is 4.09. The first kappa shape index (κ1) is 17.0. The maximum atomic E-state index is 12.7. The number of rotatable bonds is 3. The summed E-state index contributed by atoms with van der Waals surface area (Å²) in [4.78, 5) is 14.6. The molecule has 1 aromatic carbocycles. The molecule has 138 valence electrons. The van der Waals surface area contributed by atoms with Gasteiger partial charge < -0.3 is 10.2 Å². The smallest absolute Gasteiger partial charge is 0.317 e. The van der Waals surface area contributed by atoms with Crippen LogP contribution >= 0.6 is 0 Å². The number of likely N-dealkylation sites (tertiary alicyclic amines) is 1. The summed E-state index contributed by atoms with van der Waals surface area (Å²) < 4.78 is 1.80. The minimum atomic E-state index is 0.0698. The molecular weight excluding hydrogens is 328 g/mol. The standard InChI is InChI=1S/C19H26N6O/c26-19(20-16-9-3-1-4-10-16)24-13-7-8-15(14-24)18-21-22-23-25(18)17-11-5-2-6-12-17/h2,5-6,11-12,15-16H,1,3-4,7-10,13-14H2,(H,20,26)/t15-/m0/s1. The first-order chi connectivity index (χ1) is 12.8. The van der Waals surface area contributed by atoms with Gasteiger partial charge in [0, 0.05) is 25.0 Å². The number of nitrogens with one attached hydrogen (secondary N) is 1. The second kappa shape index (κ2) is 7.85. The Morgan fingerprint density at radius 2 is 1.85 bits per heavy atom. The Morgan fingerprint density at radius 3 is 2.65 bits per heavy atom. The predicted molar refractivity (Wildman–Crippen MR) is 98.1 cm³/mol. The van der Waals surface area contributed by atoms with Gasteiger partial charge in [0.25, 0.3) is 0 Å². The van der Waals surface area contributed by atoms with Crippen molar-refractivity contribution in [2.24, 2.45) is 0 Å². The van der Waals surface area contributed by atoms with E-state index in [1.54, 1.807) is 4.68 Å². The first-order valence-electron chi connectivity index (χ1n) is 9.70. The molecule has 2 aromatic rings. The van der Waals surface area contributed by atoms with Gasteiger partial charge in [0.15, 0.2) is 5.82 Å². The predicted octanol–water partition coefficient (Wildman–Crippen LogP) is 2.88. The third-order valence-electron chi connectivity index (χ3n) is 5.50. The molecule has 1 aromatic heterocycles. The highest BCUT2D eigenvalue weighted by molar-refractivity contribution is 5.74. The van der Waals surface area contributed by atoms with E-state index in [1.807, 2.05) is 35.2 Å². The highest BCUT2D eigenvalue weighted by Gasteiger charge is 2.29. The van der Waals surface area contributed by atoms with Crippen LogP contribution in [0.25, 0.3) is 5.69 Å². The number of hydrogen-bond donors (Lipinski definition) is 1. The average Bonchev–Trinajstić information content (AvgIpc) is 3.19. The summed E-state index contributed by atoms with van der Waals surface area (Å²) in [6.07, 6.45) is 7.93. The second-order valence-corrected chi connectivity index (χ2v) is 7.35. The Hall–Kier alpha value is -2.44. The maximum absolute atomic E-state index is 12.7. The van der Waals surface area contributed by atoms with E-state index in [1.165, 1.54) is 19.3 Å². The molecule has 1 N–H and O–H groups in total.